The van der Waals surface area contributed by atoms with Gasteiger partial charge in [-0.1, -0.05) is 29.8 Å². The summed E-state index contributed by atoms with van der Waals surface area (Å²) in [6.45, 7) is 4.41. The number of alkyl halides is 3. The highest BCUT2D eigenvalue weighted by Gasteiger charge is 2.33. The summed E-state index contributed by atoms with van der Waals surface area (Å²) in [6.07, 6.45) is -3.85. The van der Waals surface area contributed by atoms with E-state index in [0.717, 1.165) is 23.3 Å². The number of nitrogens with one attached hydrogen (secondary N) is 1. The maximum atomic E-state index is 13.5. The van der Waals surface area contributed by atoms with Gasteiger partial charge in [0.05, 0.1) is 18.2 Å². The maximum Gasteiger partial charge on any atom is 0.416 e. The van der Waals surface area contributed by atoms with Crippen molar-refractivity contribution >= 4 is 17.6 Å². The highest BCUT2D eigenvalue weighted by atomic mass is 19.4. The van der Waals surface area contributed by atoms with Crippen LogP contribution in [0.4, 0.5) is 23.7 Å². The van der Waals surface area contributed by atoms with Crippen molar-refractivity contribution in [1.82, 2.24) is 15.1 Å². The van der Waals surface area contributed by atoms with Crippen LogP contribution in [0.5, 0.6) is 17.2 Å². The summed E-state index contributed by atoms with van der Waals surface area (Å²) >= 11 is 0. The molecule has 2 aliphatic rings. The van der Waals surface area contributed by atoms with Crippen molar-refractivity contribution in [1.29, 1.82) is 0 Å². The molecule has 0 unspecified atom stereocenters. The van der Waals surface area contributed by atoms with Gasteiger partial charge < -0.3 is 24.6 Å². The first-order valence-electron chi connectivity index (χ1n) is 12.7. The minimum atomic E-state index is -4.51. The number of methoxy groups -OCH3 is 1. The maximum absolute atomic E-state index is 13.5. The lowest BCUT2D eigenvalue weighted by Gasteiger charge is -2.25. The Hall–Kier alpha value is -4.21. The van der Waals surface area contributed by atoms with Crippen molar-refractivity contribution in [3.05, 3.63) is 82.9 Å². The highest BCUT2D eigenvalue weighted by molar-refractivity contribution is 6.04. The number of halogens is 3. The monoisotopic (exact) mass is 538 g/mol. The third-order valence-corrected chi connectivity index (χ3v) is 6.77. The van der Waals surface area contributed by atoms with Crippen LogP contribution in [0.2, 0.25) is 0 Å². The molecule has 2 aliphatic heterocycles. The number of amidine groups is 1. The number of aliphatic imine (C=N–C) groups is 1. The number of aryl methyl sites for hydroxylation is 1. The third-order valence-electron chi connectivity index (χ3n) is 6.77. The molecule has 1 saturated heterocycles. The van der Waals surface area contributed by atoms with E-state index in [4.69, 9.17) is 14.5 Å². The molecule has 3 aromatic carbocycles. The summed E-state index contributed by atoms with van der Waals surface area (Å²) in [5.41, 5.74) is 2.04. The predicted octanol–water partition coefficient (Wildman–Crippen LogP) is 6.12. The Labute approximate surface area is 224 Å². The van der Waals surface area contributed by atoms with Crippen LogP contribution in [0.3, 0.4) is 0 Å². The molecule has 10 heteroatoms. The van der Waals surface area contributed by atoms with Crippen LogP contribution < -0.4 is 14.8 Å². The first kappa shape index (κ1) is 26.4. The quantitative estimate of drug-likeness (QED) is 0.436. The van der Waals surface area contributed by atoms with Crippen molar-refractivity contribution in [2.24, 2.45) is 4.99 Å². The lowest BCUT2D eigenvalue weighted by molar-refractivity contribution is -0.137. The van der Waals surface area contributed by atoms with Crippen LogP contribution in [0, 0.1) is 6.92 Å². The number of fused-ring (bicyclic) bond motifs is 2. The van der Waals surface area contributed by atoms with E-state index in [1.807, 2.05) is 36.1 Å². The van der Waals surface area contributed by atoms with Gasteiger partial charge >= 0.3 is 12.2 Å². The normalized spacial score (nSPS) is 15.3. The first-order valence-corrected chi connectivity index (χ1v) is 12.7. The summed E-state index contributed by atoms with van der Waals surface area (Å²) in [5.74, 6) is 1.74. The van der Waals surface area contributed by atoms with Crippen molar-refractivity contribution < 1.29 is 27.4 Å². The number of amides is 2. The average Bonchev–Trinajstić information content (AvgIpc) is 3.25. The molecule has 2 amide bonds. The molecule has 0 bridgehead atoms. The van der Waals surface area contributed by atoms with E-state index in [2.05, 4.69) is 5.32 Å². The van der Waals surface area contributed by atoms with Gasteiger partial charge in [0.2, 0.25) is 0 Å². The van der Waals surface area contributed by atoms with E-state index in [1.54, 1.807) is 30.2 Å². The zero-order chi connectivity index (χ0) is 27.6. The Morgan fingerprint density at radius 3 is 2.62 bits per heavy atom. The van der Waals surface area contributed by atoms with E-state index in [1.165, 1.54) is 6.07 Å². The molecule has 0 radical (unpaired) electrons. The number of hydrogen-bond donors (Lipinski definition) is 1. The summed E-state index contributed by atoms with van der Waals surface area (Å²) < 4.78 is 51.9. The Bertz CT molecular complexity index is 1410. The molecule has 3 aromatic rings. The van der Waals surface area contributed by atoms with Crippen LogP contribution in [-0.4, -0.2) is 55.0 Å². The number of ether oxygens (including phenoxy) is 2. The number of nitrogens with zero attached hydrogens (tertiary/aromatic N) is 3. The lowest BCUT2D eigenvalue weighted by atomic mass is 10.1. The molecule has 39 heavy (non-hydrogen) atoms. The Morgan fingerprint density at radius 1 is 1.03 bits per heavy atom. The second-order valence-electron chi connectivity index (χ2n) is 9.56. The Kier molecular flexibility index (Phi) is 7.36. The summed E-state index contributed by atoms with van der Waals surface area (Å²) in [4.78, 5) is 21.4. The molecular weight excluding hydrogens is 509 g/mol. The van der Waals surface area contributed by atoms with Crippen LogP contribution in [0.15, 0.2) is 65.7 Å². The number of rotatable bonds is 3. The second kappa shape index (κ2) is 10.9. The number of carbonyl (C=O) groups is 1. The third kappa shape index (κ3) is 5.94. The highest BCUT2D eigenvalue weighted by Crippen LogP contribution is 2.42. The molecule has 1 N–H and O–H groups in total. The molecule has 0 aliphatic carbocycles. The fourth-order valence-corrected chi connectivity index (χ4v) is 4.74. The zero-order valence-electron chi connectivity index (χ0n) is 21.7. The van der Waals surface area contributed by atoms with Gasteiger partial charge in [-0.15, -0.1) is 0 Å². The minimum absolute atomic E-state index is 0.0898. The molecule has 0 aromatic heterocycles. The minimum Gasteiger partial charge on any atom is -0.497 e. The van der Waals surface area contributed by atoms with Crippen LogP contribution >= 0.6 is 0 Å². The molecule has 0 saturated carbocycles. The molecule has 204 valence electrons. The van der Waals surface area contributed by atoms with Crippen molar-refractivity contribution in [3.63, 3.8) is 0 Å². The molecule has 5 rings (SSSR count). The zero-order valence-corrected chi connectivity index (χ0v) is 21.7. The van der Waals surface area contributed by atoms with Gasteiger partial charge in [0.25, 0.3) is 0 Å². The van der Waals surface area contributed by atoms with Gasteiger partial charge in [0.15, 0.2) is 5.75 Å². The predicted molar refractivity (Wildman–Crippen MR) is 142 cm³/mol. The fourth-order valence-electron chi connectivity index (χ4n) is 4.74. The number of benzene rings is 3. The van der Waals surface area contributed by atoms with Crippen LogP contribution in [0.25, 0.3) is 0 Å². The second-order valence-corrected chi connectivity index (χ2v) is 9.56. The topological polar surface area (TPSA) is 66.4 Å². The van der Waals surface area contributed by atoms with Crippen LogP contribution in [0.1, 0.15) is 28.7 Å². The van der Waals surface area contributed by atoms with Gasteiger partial charge in [-0.3, -0.25) is 0 Å². The molecular formula is C29H29F3N4O3. The molecule has 1 fully saturated rings. The fraction of sp³-hybridized carbons (Fsp3) is 0.310. The molecule has 7 nitrogen and oxygen atoms in total. The molecule has 2 heterocycles. The Balaban J connectivity index is 1.40. The van der Waals surface area contributed by atoms with Gasteiger partial charge in [0, 0.05) is 32.7 Å². The van der Waals surface area contributed by atoms with E-state index in [9.17, 15) is 18.0 Å². The standard InChI is InChI=1S/C29H29F3N4O3/c1-19-5-3-6-20(15-19)18-33-28(37)36-12-4-11-35(13-14-36)27-23-17-22(38-2)8-10-25(23)39-26-9-7-21(29(30,31)32)16-24(26)34-27/h3,5-10,15-17H,4,11-14,18H2,1-2H3,(H,33,37). The van der Waals surface area contributed by atoms with Crippen molar-refractivity contribution in [2.45, 2.75) is 26.1 Å². The van der Waals surface area contributed by atoms with E-state index in [0.29, 0.717) is 62.0 Å². The van der Waals surface area contributed by atoms with E-state index in [-0.39, 0.29) is 17.5 Å². The van der Waals surface area contributed by atoms with E-state index >= 15 is 0 Å². The lowest BCUT2D eigenvalue weighted by Crippen LogP contribution is -2.42. The number of urea groups is 1. The first-order chi connectivity index (χ1) is 18.7. The van der Waals surface area contributed by atoms with Gasteiger partial charge in [-0.05, 0) is 55.3 Å². The average molecular weight is 539 g/mol. The number of carbonyl (C=O) groups excluding carboxylic acids is 1. The smallest absolute Gasteiger partial charge is 0.416 e. The summed E-state index contributed by atoms with van der Waals surface area (Å²) in [6, 6.07) is 16.3. The molecule has 0 spiro atoms. The number of hydrogen-bond acceptors (Lipinski definition) is 5. The van der Waals surface area contributed by atoms with Crippen molar-refractivity contribution in [3.8, 4) is 17.2 Å². The SMILES string of the molecule is COc1ccc2c(c1)C(N1CCCN(C(=O)NCc3cccc(C)c3)CC1)=Nc1cc(C(F)(F)F)ccc1O2. The summed E-state index contributed by atoms with van der Waals surface area (Å²) in [7, 11) is 1.54. The van der Waals surface area contributed by atoms with Gasteiger partial charge in [-0.2, -0.15) is 13.2 Å². The largest absolute Gasteiger partial charge is 0.497 e. The van der Waals surface area contributed by atoms with Crippen LogP contribution in [-0.2, 0) is 12.7 Å². The van der Waals surface area contributed by atoms with Gasteiger partial charge in [-0.25, -0.2) is 9.79 Å². The van der Waals surface area contributed by atoms with E-state index < -0.39 is 11.7 Å². The summed E-state index contributed by atoms with van der Waals surface area (Å²) in [5, 5.41) is 2.99. The Morgan fingerprint density at radius 2 is 1.85 bits per heavy atom. The van der Waals surface area contributed by atoms with Gasteiger partial charge in [0.1, 0.15) is 23.0 Å². The van der Waals surface area contributed by atoms with Crippen molar-refractivity contribution in [2.75, 3.05) is 33.3 Å². The molecule has 0 atom stereocenters.